The van der Waals surface area contributed by atoms with Crippen LogP contribution in [-0.2, 0) is 6.54 Å². The zero-order chi connectivity index (χ0) is 13.1. The molecule has 0 heterocycles. The zero-order valence-electron chi connectivity index (χ0n) is 9.81. The first-order valence-corrected chi connectivity index (χ1v) is 5.49. The minimum absolute atomic E-state index is 0.306. The summed E-state index contributed by atoms with van der Waals surface area (Å²) in [5.74, 6) is -2.09. The average molecular weight is 251 g/mol. The molecular formula is C14H12F3N. The summed E-state index contributed by atoms with van der Waals surface area (Å²) < 4.78 is 38.8. The summed E-state index contributed by atoms with van der Waals surface area (Å²) in [6.45, 7) is 2.09. The van der Waals surface area contributed by atoms with Crippen LogP contribution in [0.25, 0.3) is 0 Å². The van der Waals surface area contributed by atoms with Crippen LogP contribution < -0.4 is 5.32 Å². The molecule has 0 amide bonds. The second-order valence-electron chi connectivity index (χ2n) is 4.12. The molecule has 0 saturated heterocycles. The van der Waals surface area contributed by atoms with E-state index in [4.69, 9.17) is 0 Å². The summed E-state index contributed by atoms with van der Waals surface area (Å²) >= 11 is 0. The largest absolute Gasteiger partial charge is 0.381 e. The molecule has 0 aliphatic rings. The number of halogens is 3. The van der Waals surface area contributed by atoms with Crippen LogP contribution in [0, 0.1) is 24.4 Å². The van der Waals surface area contributed by atoms with E-state index in [9.17, 15) is 13.2 Å². The van der Waals surface area contributed by atoms with Gasteiger partial charge in [-0.1, -0.05) is 6.07 Å². The van der Waals surface area contributed by atoms with Gasteiger partial charge in [-0.25, -0.2) is 13.2 Å². The van der Waals surface area contributed by atoms with Gasteiger partial charge in [0.1, 0.15) is 5.82 Å². The van der Waals surface area contributed by atoms with Gasteiger partial charge in [-0.05, 0) is 48.4 Å². The van der Waals surface area contributed by atoms with Gasteiger partial charge in [0.2, 0.25) is 0 Å². The first-order chi connectivity index (χ1) is 8.54. The maximum atomic E-state index is 13.1. The molecule has 0 fully saturated rings. The van der Waals surface area contributed by atoms with Crippen molar-refractivity contribution in [2.75, 3.05) is 5.32 Å². The molecule has 2 rings (SSSR count). The smallest absolute Gasteiger partial charge is 0.159 e. The van der Waals surface area contributed by atoms with Crippen molar-refractivity contribution in [2.45, 2.75) is 13.5 Å². The third-order valence-corrected chi connectivity index (χ3v) is 2.52. The molecule has 94 valence electrons. The third-order valence-electron chi connectivity index (χ3n) is 2.52. The molecule has 0 atom stereocenters. The molecule has 2 aromatic rings. The van der Waals surface area contributed by atoms with Crippen molar-refractivity contribution in [1.82, 2.24) is 0 Å². The van der Waals surface area contributed by atoms with Crippen LogP contribution in [0.5, 0.6) is 0 Å². The van der Waals surface area contributed by atoms with E-state index in [0.717, 1.165) is 17.7 Å². The lowest BCUT2D eigenvalue weighted by Gasteiger charge is -2.08. The van der Waals surface area contributed by atoms with Gasteiger partial charge in [-0.15, -0.1) is 0 Å². The van der Waals surface area contributed by atoms with E-state index < -0.39 is 11.6 Å². The van der Waals surface area contributed by atoms with Gasteiger partial charge in [0.25, 0.3) is 0 Å². The van der Waals surface area contributed by atoms with Crippen LogP contribution in [0.3, 0.4) is 0 Å². The number of benzene rings is 2. The molecule has 0 bridgehead atoms. The topological polar surface area (TPSA) is 12.0 Å². The minimum Gasteiger partial charge on any atom is -0.381 e. The van der Waals surface area contributed by atoms with Crippen molar-refractivity contribution in [3.05, 3.63) is 65.0 Å². The Labute approximate surface area is 103 Å². The number of nitrogens with one attached hydrogen (secondary N) is 1. The summed E-state index contributed by atoms with van der Waals surface area (Å²) in [6.07, 6.45) is 0. The number of hydrogen-bond acceptors (Lipinski definition) is 1. The van der Waals surface area contributed by atoms with Crippen LogP contribution in [0.4, 0.5) is 18.9 Å². The first kappa shape index (κ1) is 12.5. The van der Waals surface area contributed by atoms with E-state index in [0.29, 0.717) is 17.8 Å². The lowest BCUT2D eigenvalue weighted by Crippen LogP contribution is -2.01. The van der Waals surface area contributed by atoms with Crippen LogP contribution in [0.1, 0.15) is 11.1 Å². The molecule has 2 aromatic carbocycles. The third kappa shape index (κ3) is 3.03. The van der Waals surface area contributed by atoms with Crippen LogP contribution >= 0.6 is 0 Å². The molecule has 0 aliphatic heterocycles. The van der Waals surface area contributed by atoms with Crippen molar-refractivity contribution >= 4 is 5.69 Å². The molecule has 1 N–H and O–H groups in total. The van der Waals surface area contributed by atoms with Gasteiger partial charge in [0, 0.05) is 12.2 Å². The maximum absolute atomic E-state index is 13.1. The van der Waals surface area contributed by atoms with E-state index in [-0.39, 0.29) is 5.82 Å². The SMILES string of the molecule is Cc1cc(F)cc(NCc2ccc(F)c(F)c2)c1. The van der Waals surface area contributed by atoms with Gasteiger partial charge in [0.05, 0.1) is 0 Å². The van der Waals surface area contributed by atoms with Gasteiger partial charge < -0.3 is 5.32 Å². The predicted molar refractivity (Wildman–Crippen MR) is 64.8 cm³/mol. The van der Waals surface area contributed by atoms with E-state index in [2.05, 4.69) is 5.32 Å². The first-order valence-electron chi connectivity index (χ1n) is 5.49. The van der Waals surface area contributed by atoms with Crippen LogP contribution in [0.2, 0.25) is 0 Å². The van der Waals surface area contributed by atoms with Crippen molar-refractivity contribution in [3.8, 4) is 0 Å². The predicted octanol–water partition coefficient (Wildman–Crippen LogP) is 4.02. The van der Waals surface area contributed by atoms with E-state index in [1.807, 2.05) is 0 Å². The maximum Gasteiger partial charge on any atom is 0.159 e. The Morgan fingerprint density at radius 3 is 2.39 bits per heavy atom. The highest BCUT2D eigenvalue weighted by Crippen LogP contribution is 2.15. The van der Waals surface area contributed by atoms with E-state index >= 15 is 0 Å². The molecule has 0 spiro atoms. The van der Waals surface area contributed by atoms with Crippen LogP contribution in [0.15, 0.2) is 36.4 Å². The standard InChI is InChI=1S/C14H12F3N/c1-9-4-11(15)7-12(5-9)18-8-10-2-3-13(16)14(17)6-10/h2-7,18H,8H2,1H3. The van der Waals surface area contributed by atoms with Gasteiger partial charge in [-0.2, -0.15) is 0 Å². The molecule has 0 unspecified atom stereocenters. The monoisotopic (exact) mass is 251 g/mol. The van der Waals surface area contributed by atoms with E-state index in [1.54, 1.807) is 13.0 Å². The molecule has 0 radical (unpaired) electrons. The Morgan fingerprint density at radius 1 is 0.944 bits per heavy atom. The van der Waals surface area contributed by atoms with Gasteiger partial charge in [0.15, 0.2) is 11.6 Å². The molecule has 0 aliphatic carbocycles. The second kappa shape index (κ2) is 5.12. The minimum atomic E-state index is -0.885. The number of aryl methyl sites for hydroxylation is 1. The van der Waals surface area contributed by atoms with Crippen molar-refractivity contribution in [1.29, 1.82) is 0 Å². The zero-order valence-corrected chi connectivity index (χ0v) is 9.81. The Kier molecular flexibility index (Phi) is 3.55. The quantitative estimate of drug-likeness (QED) is 0.868. The fourth-order valence-electron chi connectivity index (χ4n) is 1.69. The molecule has 1 nitrogen and oxygen atoms in total. The van der Waals surface area contributed by atoms with Crippen molar-refractivity contribution in [2.24, 2.45) is 0 Å². The van der Waals surface area contributed by atoms with Crippen molar-refractivity contribution < 1.29 is 13.2 Å². The highest BCUT2D eigenvalue weighted by Gasteiger charge is 2.03. The molecule has 18 heavy (non-hydrogen) atoms. The normalized spacial score (nSPS) is 10.4. The molecule has 0 aromatic heterocycles. The number of hydrogen-bond donors (Lipinski definition) is 1. The highest BCUT2D eigenvalue weighted by molar-refractivity contribution is 5.46. The Bertz CT molecular complexity index is 547. The molecular weight excluding hydrogens is 239 g/mol. The molecule has 0 saturated carbocycles. The summed E-state index contributed by atoms with van der Waals surface area (Å²) in [7, 11) is 0. The molecule has 4 heteroatoms. The second-order valence-corrected chi connectivity index (χ2v) is 4.12. The van der Waals surface area contributed by atoms with E-state index in [1.165, 1.54) is 18.2 Å². The van der Waals surface area contributed by atoms with Gasteiger partial charge >= 0.3 is 0 Å². The Morgan fingerprint density at radius 2 is 1.72 bits per heavy atom. The average Bonchev–Trinajstić information content (AvgIpc) is 2.29. The number of anilines is 1. The summed E-state index contributed by atoms with van der Waals surface area (Å²) in [6, 6.07) is 8.23. The lowest BCUT2D eigenvalue weighted by atomic mass is 10.2. The summed E-state index contributed by atoms with van der Waals surface area (Å²) in [4.78, 5) is 0. The highest BCUT2D eigenvalue weighted by atomic mass is 19.2. The number of rotatable bonds is 3. The Hall–Kier alpha value is -1.97. The summed E-state index contributed by atoms with van der Waals surface area (Å²) in [5.41, 5.74) is 2.00. The van der Waals surface area contributed by atoms with Crippen molar-refractivity contribution in [3.63, 3.8) is 0 Å². The fraction of sp³-hybridized carbons (Fsp3) is 0.143. The Balaban J connectivity index is 2.08. The fourth-order valence-corrected chi connectivity index (χ4v) is 1.69. The summed E-state index contributed by atoms with van der Waals surface area (Å²) in [5, 5.41) is 2.96. The van der Waals surface area contributed by atoms with Crippen LogP contribution in [-0.4, -0.2) is 0 Å². The van der Waals surface area contributed by atoms with Gasteiger partial charge in [-0.3, -0.25) is 0 Å². The lowest BCUT2D eigenvalue weighted by molar-refractivity contribution is 0.507.